The average Bonchev–Trinajstić information content (AvgIpc) is 2.92. The number of hydrogen-bond acceptors (Lipinski definition) is 6. The topological polar surface area (TPSA) is 94.2 Å². The van der Waals surface area contributed by atoms with E-state index in [1.54, 1.807) is 48.5 Å². The number of hydrogen-bond donors (Lipinski definition) is 1. The van der Waals surface area contributed by atoms with Crippen LogP contribution in [0.3, 0.4) is 0 Å². The summed E-state index contributed by atoms with van der Waals surface area (Å²) in [5.74, 6) is -0.138. The Labute approximate surface area is 236 Å². The van der Waals surface area contributed by atoms with E-state index in [0.717, 1.165) is 16.9 Å². The maximum atomic E-state index is 13.4. The van der Waals surface area contributed by atoms with Gasteiger partial charge < -0.3 is 14.2 Å². The number of benzene rings is 3. The Hall–Kier alpha value is -4.01. The van der Waals surface area contributed by atoms with E-state index in [0.29, 0.717) is 45.0 Å². The number of barbiturate groups is 1. The molecule has 202 valence electrons. The lowest BCUT2D eigenvalue weighted by atomic mass is 10.1. The molecular formula is C29H26Cl2N2O6. The molecule has 0 aromatic heterocycles. The van der Waals surface area contributed by atoms with Crippen molar-refractivity contribution in [1.82, 2.24) is 10.2 Å². The van der Waals surface area contributed by atoms with Gasteiger partial charge in [0.2, 0.25) is 0 Å². The first-order chi connectivity index (χ1) is 18.8. The monoisotopic (exact) mass is 568 g/mol. The number of carbonyl (C=O) groups excluding carboxylic acids is 3. The number of methoxy groups -OCH3 is 1. The van der Waals surface area contributed by atoms with Crippen molar-refractivity contribution in [2.24, 2.45) is 0 Å². The molecule has 0 bridgehead atoms. The fraction of sp³-hybridized carbons (Fsp3) is 0.207. The predicted octanol–water partition coefficient (Wildman–Crippen LogP) is 6.03. The summed E-state index contributed by atoms with van der Waals surface area (Å²) in [6.07, 6.45) is 2.19. The van der Waals surface area contributed by atoms with Crippen LogP contribution in [0.4, 0.5) is 4.79 Å². The maximum absolute atomic E-state index is 13.4. The van der Waals surface area contributed by atoms with Crippen molar-refractivity contribution >= 4 is 47.1 Å². The molecule has 39 heavy (non-hydrogen) atoms. The molecule has 0 saturated carbocycles. The van der Waals surface area contributed by atoms with Gasteiger partial charge in [-0.2, -0.15) is 0 Å². The highest BCUT2D eigenvalue weighted by atomic mass is 35.5. The smallest absolute Gasteiger partial charge is 0.331 e. The zero-order valence-corrected chi connectivity index (χ0v) is 22.8. The van der Waals surface area contributed by atoms with Crippen LogP contribution >= 0.6 is 23.2 Å². The molecule has 3 aromatic carbocycles. The molecule has 0 spiro atoms. The first kappa shape index (κ1) is 28.0. The molecule has 10 heteroatoms. The Morgan fingerprint density at radius 2 is 1.54 bits per heavy atom. The molecule has 1 aliphatic rings. The number of ether oxygens (including phenoxy) is 3. The lowest BCUT2D eigenvalue weighted by Crippen LogP contribution is -2.53. The van der Waals surface area contributed by atoms with Gasteiger partial charge in [0.15, 0.2) is 11.5 Å². The van der Waals surface area contributed by atoms with Gasteiger partial charge in [-0.3, -0.25) is 19.8 Å². The van der Waals surface area contributed by atoms with E-state index < -0.39 is 17.8 Å². The number of carbonyl (C=O) groups is 3. The van der Waals surface area contributed by atoms with E-state index >= 15 is 0 Å². The van der Waals surface area contributed by atoms with Crippen LogP contribution in [0.5, 0.6) is 17.2 Å². The molecule has 1 saturated heterocycles. The van der Waals surface area contributed by atoms with E-state index in [4.69, 9.17) is 37.4 Å². The minimum Gasteiger partial charge on any atom is -0.493 e. The molecule has 1 aliphatic heterocycles. The van der Waals surface area contributed by atoms with Crippen molar-refractivity contribution < 1.29 is 28.6 Å². The van der Waals surface area contributed by atoms with E-state index in [1.807, 2.05) is 19.1 Å². The molecule has 0 atom stereocenters. The highest BCUT2D eigenvalue weighted by molar-refractivity contribution is 6.32. The second-order valence-electron chi connectivity index (χ2n) is 8.64. The summed E-state index contributed by atoms with van der Waals surface area (Å²) in [6, 6.07) is 16.3. The average molecular weight is 569 g/mol. The molecular weight excluding hydrogens is 543 g/mol. The number of imide groups is 2. The van der Waals surface area contributed by atoms with Crippen LogP contribution in [0.15, 0.2) is 66.2 Å². The molecule has 0 unspecified atom stereocenters. The van der Waals surface area contributed by atoms with Crippen LogP contribution in [0.25, 0.3) is 6.08 Å². The Balaban J connectivity index is 1.58. The van der Waals surface area contributed by atoms with Crippen LogP contribution in [0, 0.1) is 0 Å². The molecule has 1 fully saturated rings. The third-order valence-corrected chi connectivity index (χ3v) is 6.28. The number of nitrogens with zero attached hydrogens (tertiary/aromatic N) is 1. The maximum Gasteiger partial charge on any atom is 0.331 e. The standard InChI is InChI=1S/C29H26Cl2N2O6/c1-3-12-38-25-10-6-19(13-26(25)37-2)16-33-28(35)23(27(34)32-29(33)36)15-20-14-22(31)9-11-24(20)39-17-18-4-7-21(30)8-5-18/h4-11,13-15H,3,12,16-17H2,1-2H3,(H,32,34,36)/b23-15+. The summed E-state index contributed by atoms with van der Waals surface area (Å²) in [7, 11) is 1.51. The van der Waals surface area contributed by atoms with Gasteiger partial charge in [-0.1, -0.05) is 48.3 Å². The lowest BCUT2D eigenvalue weighted by Gasteiger charge is -2.26. The van der Waals surface area contributed by atoms with Gasteiger partial charge in [0.1, 0.15) is 17.9 Å². The van der Waals surface area contributed by atoms with Crippen LogP contribution in [-0.4, -0.2) is 36.5 Å². The number of amides is 4. The number of urea groups is 1. The summed E-state index contributed by atoms with van der Waals surface area (Å²) in [4.78, 5) is 39.6. The Bertz CT molecular complexity index is 1420. The van der Waals surface area contributed by atoms with Gasteiger partial charge in [0.05, 0.1) is 20.3 Å². The molecule has 8 nitrogen and oxygen atoms in total. The largest absolute Gasteiger partial charge is 0.493 e. The van der Waals surface area contributed by atoms with Crippen LogP contribution in [-0.2, 0) is 22.7 Å². The first-order valence-corrected chi connectivity index (χ1v) is 12.9. The zero-order chi connectivity index (χ0) is 27.9. The molecule has 1 N–H and O–H groups in total. The van der Waals surface area contributed by atoms with Gasteiger partial charge in [0.25, 0.3) is 11.8 Å². The summed E-state index contributed by atoms with van der Waals surface area (Å²) in [5.41, 5.74) is 1.66. The van der Waals surface area contributed by atoms with E-state index in [9.17, 15) is 14.4 Å². The molecule has 4 rings (SSSR count). The fourth-order valence-corrected chi connectivity index (χ4v) is 4.13. The molecule has 1 heterocycles. The van der Waals surface area contributed by atoms with Crippen molar-refractivity contribution in [1.29, 1.82) is 0 Å². The van der Waals surface area contributed by atoms with E-state index in [1.165, 1.54) is 13.2 Å². The van der Waals surface area contributed by atoms with E-state index in [-0.39, 0.29) is 18.7 Å². The second kappa shape index (κ2) is 12.7. The predicted molar refractivity (Wildman–Crippen MR) is 148 cm³/mol. The fourth-order valence-electron chi connectivity index (χ4n) is 3.82. The lowest BCUT2D eigenvalue weighted by molar-refractivity contribution is -0.130. The number of halogens is 2. The first-order valence-electron chi connectivity index (χ1n) is 12.1. The van der Waals surface area contributed by atoms with Gasteiger partial charge in [-0.15, -0.1) is 0 Å². The van der Waals surface area contributed by atoms with Crippen molar-refractivity contribution in [3.8, 4) is 17.2 Å². The summed E-state index contributed by atoms with van der Waals surface area (Å²) in [6.45, 7) is 2.65. The number of rotatable bonds is 10. The number of nitrogens with one attached hydrogen (secondary N) is 1. The molecule has 0 radical (unpaired) electrons. The Kier molecular flexibility index (Phi) is 9.11. The summed E-state index contributed by atoms with van der Waals surface area (Å²) in [5, 5.41) is 3.22. The van der Waals surface area contributed by atoms with Crippen molar-refractivity contribution in [3.63, 3.8) is 0 Å². The van der Waals surface area contributed by atoms with Crippen LogP contribution in [0.1, 0.15) is 30.0 Å². The van der Waals surface area contributed by atoms with Gasteiger partial charge >= 0.3 is 6.03 Å². The van der Waals surface area contributed by atoms with Gasteiger partial charge in [-0.05, 0) is 66.1 Å². The molecule has 4 amide bonds. The van der Waals surface area contributed by atoms with Crippen molar-refractivity contribution in [2.75, 3.05) is 13.7 Å². The summed E-state index contributed by atoms with van der Waals surface area (Å²) < 4.78 is 17.0. The van der Waals surface area contributed by atoms with Gasteiger partial charge in [0, 0.05) is 15.6 Å². The minimum absolute atomic E-state index is 0.0881. The minimum atomic E-state index is -0.822. The molecule has 0 aliphatic carbocycles. The SMILES string of the molecule is CCCOc1ccc(CN2C(=O)NC(=O)/C(=C\c3cc(Cl)ccc3OCc3ccc(Cl)cc3)C2=O)cc1OC. The van der Waals surface area contributed by atoms with Crippen molar-refractivity contribution in [3.05, 3.63) is 93.0 Å². The highest BCUT2D eigenvalue weighted by Crippen LogP contribution is 2.30. The van der Waals surface area contributed by atoms with Crippen LogP contribution < -0.4 is 19.5 Å². The van der Waals surface area contributed by atoms with Crippen molar-refractivity contribution in [2.45, 2.75) is 26.5 Å². The quantitative estimate of drug-likeness (QED) is 0.237. The third-order valence-electron chi connectivity index (χ3n) is 5.80. The third kappa shape index (κ3) is 6.90. The van der Waals surface area contributed by atoms with E-state index in [2.05, 4.69) is 5.32 Å². The zero-order valence-electron chi connectivity index (χ0n) is 21.3. The Morgan fingerprint density at radius 1 is 0.846 bits per heavy atom. The summed E-state index contributed by atoms with van der Waals surface area (Å²) >= 11 is 12.2. The van der Waals surface area contributed by atoms with Gasteiger partial charge in [-0.25, -0.2) is 4.79 Å². The Morgan fingerprint density at radius 3 is 2.26 bits per heavy atom. The highest BCUT2D eigenvalue weighted by Gasteiger charge is 2.36. The normalized spacial score (nSPS) is 14.4. The second-order valence-corrected chi connectivity index (χ2v) is 9.51. The molecule has 3 aromatic rings. The van der Waals surface area contributed by atoms with Crippen LogP contribution in [0.2, 0.25) is 10.0 Å².